The number of aromatic nitrogens is 2. The summed E-state index contributed by atoms with van der Waals surface area (Å²) in [5, 5.41) is 3.85. The fourth-order valence-corrected chi connectivity index (χ4v) is 1.92. The van der Waals surface area contributed by atoms with Crippen molar-refractivity contribution in [3.05, 3.63) is 39.6 Å². The molecule has 1 heterocycles. The van der Waals surface area contributed by atoms with Gasteiger partial charge in [0.05, 0.1) is 5.69 Å². The van der Waals surface area contributed by atoms with Crippen LogP contribution in [0.25, 0.3) is 0 Å². The van der Waals surface area contributed by atoms with Crippen LogP contribution in [0.2, 0.25) is 5.02 Å². The number of rotatable bonds is 2. The summed E-state index contributed by atoms with van der Waals surface area (Å²) in [5.74, 6) is 0.690. The van der Waals surface area contributed by atoms with Gasteiger partial charge in [-0.05, 0) is 40.5 Å². The largest absolute Gasteiger partial charge is 0.331 e. The van der Waals surface area contributed by atoms with E-state index < -0.39 is 0 Å². The summed E-state index contributed by atoms with van der Waals surface area (Å²) in [6.45, 7) is 1.96. The van der Waals surface area contributed by atoms with Crippen molar-refractivity contribution < 1.29 is 0 Å². The number of H-pyrrole nitrogens is 1. The van der Waals surface area contributed by atoms with Crippen molar-refractivity contribution in [2.75, 3.05) is 5.32 Å². The highest BCUT2D eigenvalue weighted by atomic mass is 79.9. The molecule has 0 bridgehead atoms. The summed E-state index contributed by atoms with van der Waals surface area (Å²) in [6.07, 6.45) is 3.44. The van der Waals surface area contributed by atoms with E-state index in [1.165, 1.54) is 0 Å². The smallest absolute Gasteiger partial charge is 0.204 e. The molecule has 0 spiro atoms. The third kappa shape index (κ3) is 2.33. The minimum absolute atomic E-state index is 0.690. The molecule has 0 unspecified atom stereocenters. The maximum Gasteiger partial charge on any atom is 0.204 e. The zero-order chi connectivity index (χ0) is 10.8. The van der Waals surface area contributed by atoms with Crippen LogP contribution >= 0.6 is 27.5 Å². The lowest BCUT2D eigenvalue weighted by Crippen LogP contribution is -1.94. The molecule has 1 aromatic carbocycles. The minimum Gasteiger partial charge on any atom is -0.331 e. The number of benzene rings is 1. The van der Waals surface area contributed by atoms with Gasteiger partial charge in [0.25, 0.3) is 0 Å². The fraction of sp³-hybridized carbons (Fsp3) is 0.100. The predicted molar refractivity (Wildman–Crippen MR) is 65.8 cm³/mol. The number of aromatic amines is 1. The number of nitrogens with zero attached hydrogens (tertiary/aromatic N) is 1. The monoisotopic (exact) mass is 285 g/mol. The highest BCUT2D eigenvalue weighted by Crippen LogP contribution is 2.30. The molecule has 5 heteroatoms. The SMILES string of the molecule is Cc1cc(Br)c(Nc2ncc[nH]2)cc1Cl. The van der Waals surface area contributed by atoms with Crippen molar-refractivity contribution in [3.8, 4) is 0 Å². The van der Waals surface area contributed by atoms with Gasteiger partial charge in [-0.1, -0.05) is 11.6 Å². The van der Waals surface area contributed by atoms with E-state index in [4.69, 9.17) is 11.6 Å². The average molecular weight is 287 g/mol. The molecule has 1 aromatic heterocycles. The van der Waals surface area contributed by atoms with E-state index in [2.05, 4.69) is 31.2 Å². The van der Waals surface area contributed by atoms with E-state index in [0.717, 1.165) is 20.7 Å². The zero-order valence-electron chi connectivity index (χ0n) is 8.01. The van der Waals surface area contributed by atoms with Gasteiger partial charge in [-0.3, -0.25) is 0 Å². The molecule has 3 nitrogen and oxygen atoms in total. The van der Waals surface area contributed by atoms with E-state index in [0.29, 0.717) is 5.95 Å². The van der Waals surface area contributed by atoms with Crippen molar-refractivity contribution in [1.29, 1.82) is 0 Å². The topological polar surface area (TPSA) is 40.7 Å². The van der Waals surface area contributed by atoms with Crippen LogP contribution < -0.4 is 5.32 Å². The summed E-state index contributed by atoms with van der Waals surface area (Å²) < 4.78 is 0.959. The number of aryl methyl sites for hydroxylation is 1. The lowest BCUT2D eigenvalue weighted by atomic mass is 10.2. The molecule has 0 radical (unpaired) electrons. The highest BCUT2D eigenvalue weighted by Gasteiger charge is 2.05. The number of hydrogen-bond donors (Lipinski definition) is 2. The molecular formula is C10H9BrClN3. The van der Waals surface area contributed by atoms with Crippen LogP contribution in [0.4, 0.5) is 11.6 Å². The Morgan fingerprint density at radius 3 is 2.93 bits per heavy atom. The number of hydrogen-bond acceptors (Lipinski definition) is 2. The van der Waals surface area contributed by atoms with Gasteiger partial charge >= 0.3 is 0 Å². The van der Waals surface area contributed by atoms with Gasteiger partial charge in [0.2, 0.25) is 5.95 Å². The Morgan fingerprint density at radius 1 is 1.47 bits per heavy atom. The summed E-state index contributed by atoms with van der Waals surface area (Å²) in [5.41, 5.74) is 1.93. The lowest BCUT2D eigenvalue weighted by Gasteiger charge is -2.08. The quantitative estimate of drug-likeness (QED) is 0.879. The normalized spacial score (nSPS) is 10.3. The Labute approximate surface area is 101 Å². The molecule has 0 saturated heterocycles. The second-order valence-electron chi connectivity index (χ2n) is 3.14. The van der Waals surface area contributed by atoms with Gasteiger partial charge in [-0.2, -0.15) is 0 Å². The third-order valence-corrected chi connectivity index (χ3v) is 3.06. The van der Waals surface area contributed by atoms with Crippen LogP contribution in [-0.4, -0.2) is 9.97 Å². The number of nitrogens with one attached hydrogen (secondary N) is 2. The number of imidazole rings is 1. The molecule has 0 fully saturated rings. The van der Waals surface area contributed by atoms with Crippen molar-refractivity contribution in [2.45, 2.75) is 6.92 Å². The van der Waals surface area contributed by atoms with Crippen molar-refractivity contribution in [3.63, 3.8) is 0 Å². The Balaban J connectivity index is 2.33. The van der Waals surface area contributed by atoms with E-state index in [1.54, 1.807) is 12.4 Å². The summed E-state index contributed by atoms with van der Waals surface area (Å²) >= 11 is 9.50. The minimum atomic E-state index is 0.690. The Bertz CT molecular complexity index is 468. The maximum absolute atomic E-state index is 6.03. The second kappa shape index (κ2) is 4.24. The van der Waals surface area contributed by atoms with Gasteiger partial charge in [0, 0.05) is 21.9 Å². The van der Waals surface area contributed by atoms with E-state index >= 15 is 0 Å². The summed E-state index contributed by atoms with van der Waals surface area (Å²) in [7, 11) is 0. The molecule has 0 amide bonds. The van der Waals surface area contributed by atoms with Crippen LogP contribution in [0.3, 0.4) is 0 Å². The van der Waals surface area contributed by atoms with Gasteiger partial charge in [-0.15, -0.1) is 0 Å². The van der Waals surface area contributed by atoms with Crippen molar-refractivity contribution >= 4 is 39.2 Å². The standard InChI is InChI=1S/C10H9BrClN3/c1-6-4-7(11)9(5-8(6)12)15-10-13-2-3-14-10/h2-5H,1H3,(H2,13,14,15). The molecule has 15 heavy (non-hydrogen) atoms. The van der Waals surface area contributed by atoms with Crippen LogP contribution in [0.15, 0.2) is 29.0 Å². The number of anilines is 2. The van der Waals surface area contributed by atoms with Crippen molar-refractivity contribution in [1.82, 2.24) is 9.97 Å². The molecule has 0 aliphatic rings. The molecule has 0 saturated carbocycles. The predicted octanol–water partition coefficient (Wildman–Crippen LogP) is 3.88. The van der Waals surface area contributed by atoms with Crippen molar-refractivity contribution in [2.24, 2.45) is 0 Å². The van der Waals surface area contributed by atoms with Gasteiger partial charge in [0.1, 0.15) is 0 Å². The fourth-order valence-electron chi connectivity index (χ4n) is 1.20. The number of halogens is 2. The molecule has 0 aliphatic heterocycles. The van der Waals surface area contributed by atoms with E-state index in [-0.39, 0.29) is 0 Å². The van der Waals surface area contributed by atoms with Crippen LogP contribution in [-0.2, 0) is 0 Å². The molecule has 0 atom stereocenters. The van der Waals surface area contributed by atoms with Gasteiger partial charge < -0.3 is 10.3 Å². The Morgan fingerprint density at radius 2 is 2.27 bits per heavy atom. The van der Waals surface area contributed by atoms with Crippen LogP contribution in [0, 0.1) is 6.92 Å². The van der Waals surface area contributed by atoms with E-state index in [1.807, 2.05) is 19.1 Å². The van der Waals surface area contributed by atoms with Gasteiger partial charge in [0.15, 0.2) is 0 Å². The first-order valence-corrected chi connectivity index (χ1v) is 5.56. The Hall–Kier alpha value is -1.00. The third-order valence-electron chi connectivity index (χ3n) is 2.00. The highest BCUT2D eigenvalue weighted by molar-refractivity contribution is 9.10. The molecule has 2 aromatic rings. The summed E-state index contributed by atoms with van der Waals surface area (Å²) in [6, 6.07) is 3.83. The van der Waals surface area contributed by atoms with Gasteiger partial charge in [-0.25, -0.2) is 4.98 Å². The second-order valence-corrected chi connectivity index (χ2v) is 4.41. The van der Waals surface area contributed by atoms with Crippen LogP contribution in [0.5, 0.6) is 0 Å². The zero-order valence-corrected chi connectivity index (χ0v) is 10.4. The van der Waals surface area contributed by atoms with Crippen LogP contribution in [0.1, 0.15) is 5.56 Å². The molecule has 2 rings (SSSR count). The first-order valence-electron chi connectivity index (χ1n) is 4.39. The average Bonchev–Trinajstić information content (AvgIpc) is 2.67. The molecule has 2 N–H and O–H groups in total. The lowest BCUT2D eigenvalue weighted by molar-refractivity contribution is 1.28. The first-order chi connectivity index (χ1) is 7.16. The van der Waals surface area contributed by atoms with E-state index in [9.17, 15) is 0 Å². The first kappa shape index (κ1) is 10.5. The summed E-state index contributed by atoms with van der Waals surface area (Å²) in [4.78, 5) is 7.03. The molecule has 78 valence electrons. The molecule has 0 aliphatic carbocycles. The maximum atomic E-state index is 6.03. The molecular weight excluding hydrogens is 277 g/mol. The Kier molecular flexibility index (Phi) is 2.98.